The first-order valence-electron chi connectivity index (χ1n) is 25.6. The summed E-state index contributed by atoms with van der Waals surface area (Å²) in [4.78, 5) is 68.6. The number of unbranched alkanes of at least 4 members (excludes halogenated alkanes) is 6. The van der Waals surface area contributed by atoms with E-state index in [2.05, 4.69) is 68.8 Å². The minimum Gasteiger partial charge on any atom is -0.393 e. The molecule has 2 aliphatic heterocycles. The number of fused-ring (bicyclic) bond motifs is 2. The summed E-state index contributed by atoms with van der Waals surface area (Å²) in [5.41, 5.74) is 8.52. The Morgan fingerprint density at radius 2 is 1.49 bits per heavy atom. The lowest BCUT2D eigenvalue weighted by molar-refractivity contribution is -0.136. The van der Waals surface area contributed by atoms with Gasteiger partial charge < -0.3 is 24.9 Å². The molecule has 5 N–H and O–H groups in total. The van der Waals surface area contributed by atoms with Crippen LogP contribution in [-0.2, 0) is 20.9 Å². The van der Waals surface area contributed by atoms with Crippen LogP contribution in [0.1, 0.15) is 134 Å². The number of carbonyl (C=O) groups excluding carboxylic acids is 5. The van der Waals surface area contributed by atoms with E-state index in [9.17, 15) is 34.5 Å². The highest BCUT2D eigenvalue weighted by molar-refractivity contribution is 6.23. The van der Waals surface area contributed by atoms with Gasteiger partial charge in [0.15, 0.2) is 0 Å². The van der Waals surface area contributed by atoms with E-state index in [0.717, 1.165) is 132 Å². The molecule has 2 fully saturated rings. The molecule has 5 amide bonds. The molecule has 4 aromatic carbocycles. The molecule has 2 aromatic heterocycles. The number of rotatable bonds is 19. The number of benzene rings is 4. The van der Waals surface area contributed by atoms with Crippen LogP contribution in [0.15, 0.2) is 109 Å². The number of hydrogen-bond donors (Lipinski definition) is 5. The molecule has 6 aromatic rings. The number of amides is 5. The number of hydrogen-bond acceptors (Lipinski definition) is 9. The van der Waals surface area contributed by atoms with Crippen LogP contribution in [0.3, 0.4) is 0 Å². The van der Waals surface area contributed by atoms with Crippen LogP contribution in [0.5, 0.6) is 0 Å². The van der Waals surface area contributed by atoms with Gasteiger partial charge in [0, 0.05) is 61.8 Å². The van der Waals surface area contributed by atoms with Crippen molar-refractivity contribution in [1.29, 1.82) is 5.41 Å². The van der Waals surface area contributed by atoms with E-state index in [-0.39, 0.29) is 42.0 Å². The Kier molecular flexibility index (Phi) is 15.8. The lowest BCUT2D eigenvalue weighted by Gasteiger charge is -2.27. The normalized spacial score (nSPS) is 17.6. The second-order valence-electron chi connectivity index (χ2n) is 19.2. The van der Waals surface area contributed by atoms with E-state index in [1.165, 1.54) is 0 Å². The van der Waals surface area contributed by atoms with Crippen LogP contribution >= 0.6 is 0 Å². The zero-order valence-electron chi connectivity index (χ0n) is 40.6. The summed E-state index contributed by atoms with van der Waals surface area (Å²) < 4.78 is 4.26. The van der Waals surface area contributed by atoms with E-state index >= 15 is 0 Å². The molecule has 1 unspecified atom stereocenters. The van der Waals surface area contributed by atoms with Crippen LogP contribution in [0.4, 0.5) is 5.69 Å². The van der Waals surface area contributed by atoms with Crippen LogP contribution in [0.2, 0.25) is 0 Å². The van der Waals surface area contributed by atoms with Crippen molar-refractivity contribution in [2.45, 2.75) is 121 Å². The molecular weight excluding hydrogens is 905 g/mol. The summed E-state index contributed by atoms with van der Waals surface area (Å²) in [5, 5.41) is 29.3. The van der Waals surface area contributed by atoms with Crippen molar-refractivity contribution in [1.82, 2.24) is 29.7 Å². The molecule has 4 heterocycles. The number of nitrogens with one attached hydrogen (secondary N) is 4. The van der Waals surface area contributed by atoms with Gasteiger partial charge in [-0.1, -0.05) is 104 Å². The molecule has 1 saturated heterocycles. The van der Waals surface area contributed by atoms with Crippen LogP contribution in [0.25, 0.3) is 33.4 Å². The second kappa shape index (κ2) is 23.1. The maximum Gasteiger partial charge on any atom is 0.262 e. The molecule has 0 spiro atoms. The fourth-order valence-electron chi connectivity index (χ4n) is 10.3. The highest BCUT2D eigenvalue weighted by Crippen LogP contribution is 2.40. The quantitative estimate of drug-likeness (QED) is 0.0303. The zero-order valence-corrected chi connectivity index (χ0v) is 40.6. The molecule has 1 atom stereocenters. The Balaban J connectivity index is 0.716. The average Bonchev–Trinajstić information content (AvgIpc) is 3.85. The van der Waals surface area contributed by atoms with Crippen molar-refractivity contribution in [3.63, 3.8) is 0 Å². The minimum atomic E-state index is -0.986. The smallest absolute Gasteiger partial charge is 0.262 e. The number of aromatic nitrogens is 3. The van der Waals surface area contributed by atoms with Crippen LogP contribution in [-0.4, -0.2) is 78.9 Å². The van der Waals surface area contributed by atoms with Gasteiger partial charge in [0.25, 0.3) is 11.8 Å². The third-order valence-electron chi connectivity index (χ3n) is 14.1. The Morgan fingerprint density at radius 1 is 0.764 bits per heavy atom. The van der Waals surface area contributed by atoms with Crippen molar-refractivity contribution in [3.8, 4) is 34.2 Å². The Morgan fingerprint density at radius 3 is 2.26 bits per heavy atom. The monoisotopic (exact) mass is 966 g/mol. The van der Waals surface area contributed by atoms with Crippen molar-refractivity contribution < 1.29 is 29.1 Å². The lowest BCUT2D eigenvalue weighted by atomic mass is 9.93. The van der Waals surface area contributed by atoms with Crippen molar-refractivity contribution >= 4 is 46.3 Å². The highest BCUT2D eigenvalue weighted by atomic mass is 16.3. The van der Waals surface area contributed by atoms with Gasteiger partial charge in [0.1, 0.15) is 17.2 Å². The number of anilines is 1. The Labute approximate surface area is 419 Å². The zero-order chi connectivity index (χ0) is 50.0. The van der Waals surface area contributed by atoms with E-state index in [0.29, 0.717) is 31.5 Å². The summed E-state index contributed by atoms with van der Waals surface area (Å²) in [6.07, 6.45) is 12.4. The number of piperidine rings is 1. The summed E-state index contributed by atoms with van der Waals surface area (Å²) in [5.74, 6) is 4.71. The number of aliphatic hydroxyl groups excluding tert-OH is 1. The molecule has 3 aliphatic rings. The largest absolute Gasteiger partial charge is 0.393 e. The molecule has 14 nitrogen and oxygen atoms in total. The van der Waals surface area contributed by atoms with E-state index < -0.39 is 29.7 Å². The molecule has 14 heteroatoms. The average molecular weight is 967 g/mol. The van der Waals surface area contributed by atoms with Gasteiger partial charge in [-0.15, -0.1) is 0 Å². The first-order chi connectivity index (χ1) is 35.1. The topological polar surface area (TPSA) is 192 Å². The van der Waals surface area contributed by atoms with E-state index in [1.54, 1.807) is 18.2 Å². The maximum atomic E-state index is 13.1. The summed E-state index contributed by atoms with van der Waals surface area (Å²) in [7, 11) is 0. The third-order valence-corrected chi connectivity index (χ3v) is 14.1. The standard InChI is InChI=1S/C58H62N8O6/c59-54-52-51(41-20-9-6-10-21-41)53(42-22-11-7-12-23-42)64(55(52)62-38-65(54)44-26-28-45(67)29-27-44)37-40-19-16-18-39(35-40)17-8-3-5-15-34-61-49(68)24-13-2-1-4-14-33-60-43-25-30-46-47(36-43)58(72)66(57(46)71)48-31-32-50(69)63-56(48)70/h6-7,9-12,16,18-23,25,30,35-36,38,44-45,48,59-60,67H,1-5,13-15,24,26-29,31-34,37H2,(H,61,68)(H,63,69,70). The first-order valence-corrected chi connectivity index (χ1v) is 25.6. The second-order valence-corrected chi connectivity index (χ2v) is 19.2. The Bertz CT molecular complexity index is 3090. The number of aliphatic hydroxyl groups is 1. The van der Waals surface area contributed by atoms with Crippen LogP contribution < -0.4 is 21.4 Å². The molecule has 1 saturated carbocycles. The van der Waals surface area contributed by atoms with Gasteiger partial charge >= 0.3 is 0 Å². The molecule has 72 heavy (non-hydrogen) atoms. The maximum absolute atomic E-state index is 13.1. The van der Waals surface area contributed by atoms with Crippen molar-refractivity contribution in [2.75, 3.05) is 18.4 Å². The summed E-state index contributed by atoms with van der Waals surface area (Å²) in [6.45, 7) is 1.85. The molecular formula is C58H62N8O6. The van der Waals surface area contributed by atoms with Gasteiger partial charge in [-0.2, -0.15) is 0 Å². The fourth-order valence-corrected chi connectivity index (χ4v) is 10.3. The molecule has 9 rings (SSSR count). The van der Waals surface area contributed by atoms with E-state index in [1.807, 2.05) is 59.4 Å². The van der Waals surface area contributed by atoms with Crippen molar-refractivity contribution in [2.24, 2.45) is 0 Å². The predicted octanol–water partition coefficient (Wildman–Crippen LogP) is 8.67. The van der Waals surface area contributed by atoms with Gasteiger partial charge in [-0.05, 0) is 105 Å². The van der Waals surface area contributed by atoms with E-state index in [4.69, 9.17) is 4.98 Å². The number of carbonyl (C=O) groups is 5. The first kappa shape index (κ1) is 49.4. The third kappa shape index (κ3) is 11.3. The highest BCUT2D eigenvalue weighted by Gasteiger charge is 2.44. The predicted molar refractivity (Wildman–Crippen MR) is 277 cm³/mol. The van der Waals surface area contributed by atoms with Gasteiger partial charge in [-0.25, -0.2) is 4.98 Å². The minimum absolute atomic E-state index is 0.0699. The lowest BCUT2D eigenvalue weighted by Crippen LogP contribution is -2.54. The number of nitrogens with zero attached hydrogens (tertiary/aromatic N) is 4. The summed E-state index contributed by atoms with van der Waals surface area (Å²) in [6, 6.07) is 33.1. The molecule has 1 aliphatic carbocycles. The molecule has 0 bridgehead atoms. The fraction of sp³-hybridized carbons (Fsp3) is 0.362. The summed E-state index contributed by atoms with van der Waals surface area (Å²) >= 11 is 0. The van der Waals surface area contributed by atoms with Gasteiger partial charge in [-0.3, -0.25) is 39.6 Å². The van der Waals surface area contributed by atoms with Crippen molar-refractivity contribution in [3.05, 3.63) is 137 Å². The Hall–Kier alpha value is -7.63. The SMILES string of the molecule is N=c1c2c(-c3ccccc3)c(-c3ccccc3)n(Cc3cccc(C#CCCCCNC(=O)CCCCCCCNc4ccc5c(c4)C(=O)N(C4CCC(=O)NC4=O)C5=O)c3)c2ncn1C1CCC(O)CC1. The van der Waals surface area contributed by atoms with Gasteiger partial charge in [0.05, 0.1) is 34.6 Å². The molecule has 0 radical (unpaired) electrons. The number of imide groups is 2. The van der Waals surface area contributed by atoms with Crippen LogP contribution in [0, 0.1) is 17.3 Å². The van der Waals surface area contributed by atoms with Gasteiger partial charge in [0.2, 0.25) is 17.7 Å². The molecule has 370 valence electrons.